The van der Waals surface area contributed by atoms with Crippen molar-refractivity contribution in [2.75, 3.05) is 25.6 Å². The van der Waals surface area contributed by atoms with Crippen molar-refractivity contribution >= 4 is 33.4 Å². The number of rotatable bonds is 39. The lowest BCUT2D eigenvalue weighted by molar-refractivity contribution is -0.161. The molecule has 3 rings (SSSR count). The number of hydrogen-bond acceptors (Lipinski definition) is 16. The van der Waals surface area contributed by atoms with E-state index in [0.717, 1.165) is 68.6 Å². The Bertz CT molecular complexity index is 2170. The molecule has 73 heavy (non-hydrogen) atoms. The lowest BCUT2D eigenvalue weighted by Crippen LogP contribution is -2.36. The number of carbonyl (C=O) groups is 2. The van der Waals surface area contributed by atoms with E-state index < -0.39 is 83.7 Å². The SMILES string of the molecule is CC/C=C\CC1OC1C/C=C\C/C=C\C/C=C\C/C=C\CCC(=O)OC[C@H](COP(=O)(O)OP(=O)(O)OC[C@H]1O[C@@H](n2ccc(N)nc2=O)[C@H](O)[C@@H]1O)OC(=O)CCCC/C=C\C/C=C\C/C=C\CCCCC. The number of aromatic nitrogens is 2. The zero-order valence-electron chi connectivity index (χ0n) is 42.3. The van der Waals surface area contributed by atoms with E-state index in [0.29, 0.717) is 37.9 Å². The smallest absolute Gasteiger partial charge is 0.462 e. The van der Waals surface area contributed by atoms with E-state index in [4.69, 9.17) is 33.7 Å². The highest BCUT2D eigenvalue weighted by Crippen LogP contribution is 2.60. The van der Waals surface area contributed by atoms with Gasteiger partial charge in [-0.05, 0) is 96.0 Å². The Morgan fingerprint density at radius 3 is 1.82 bits per heavy atom. The standard InChI is InChI=1S/C52H79N3O16P2/c1-3-5-7-8-9-10-11-12-13-14-19-22-25-28-32-36-48(57)68-42(39-65-47(56)35-31-27-24-21-18-16-15-17-20-23-26-30-34-44-43(69-44)33-29-6-4-2)40-66-72(61,62)71-73(63,64)67-41-45-49(58)50(59)51(70-45)55-38-37-46(53)54-52(55)60/h6,9-10,12-13,16-20,22,24,26-27,29-30,37-38,42-45,49-51,58-59H,3-5,7-8,11,14-15,21,23,25,28,31-36,39-41H2,1-2H3,(H,61,62)(H,63,64)(H2,53,54,60)/b10-9-,13-12-,18-16-,20-17-,22-19-,27-24-,29-6-,30-26-/t42-,43?,44?,45-,49-,50-,51-/m1/s1. The monoisotopic (exact) mass is 1060 g/mol. The number of ether oxygens (including phenoxy) is 4. The minimum Gasteiger partial charge on any atom is -0.462 e. The van der Waals surface area contributed by atoms with Crippen LogP contribution in [0.25, 0.3) is 0 Å². The predicted molar refractivity (Wildman–Crippen MR) is 279 cm³/mol. The molecule has 0 amide bonds. The molecule has 9 atom stereocenters. The minimum atomic E-state index is -5.45. The van der Waals surface area contributed by atoms with E-state index in [2.05, 4.69) is 90.0 Å². The fraction of sp³-hybridized carbons (Fsp3) is 0.577. The van der Waals surface area contributed by atoms with Crippen LogP contribution in [0.3, 0.4) is 0 Å². The Kier molecular flexibility index (Phi) is 31.5. The highest BCUT2D eigenvalue weighted by molar-refractivity contribution is 7.61. The van der Waals surface area contributed by atoms with E-state index in [1.54, 1.807) is 0 Å². The molecular formula is C52H79N3O16P2. The highest BCUT2D eigenvalue weighted by Gasteiger charge is 2.46. The normalized spacial score (nSPS) is 22.5. The lowest BCUT2D eigenvalue weighted by Gasteiger charge is -2.21. The summed E-state index contributed by atoms with van der Waals surface area (Å²) in [6, 6.07) is 1.24. The number of allylic oxidation sites excluding steroid dienone is 14. The van der Waals surface area contributed by atoms with Crippen LogP contribution in [-0.2, 0) is 51.0 Å². The molecule has 4 unspecified atom stereocenters. The number of carbonyl (C=O) groups excluding carboxylic acids is 2. The molecule has 0 spiro atoms. The van der Waals surface area contributed by atoms with Crippen molar-refractivity contribution in [1.29, 1.82) is 0 Å². The van der Waals surface area contributed by atoms with E-state index in [1.807, 2.05) is 30.4 Å². The van der Waals surface area contributed by atoms with Gasteiger partial charge in [-0.15, -0.1) is 0 Å². The maximum atomic E-state index is 12.8. The maximum absolute atomic E-state index is 12.8. The molecule has 2 aliphatic heterocycles. The molecule has 0 saturated carbocycles. The Hall–Kier alpha value is -4.36. The molecule has 2 saturated heterocycles. The number of aliphatic hydroxyl groups is 2. The number of nitrogens with two attached hydrogens (primary N) is 1. The summed E-state index contributed by atoms with van der Waals surface area (Å²) in [5.74, 6) is -1.46. The number of nitrogens with zero attached hydrogens (tertiary/aromatic N) is 2. The van der Waals surface area contributed by atoms with Crippen molar-refractivity contribution < 1.29 is 71.0 Å². The van der Waals surface area contributed by atoms with Gasteiger partial charge in [0.15, 0.2) is 12.3 Å². The second-order valence-corrected chi connectivity index (χ2v) is 20.4. The molecule has 6 N–H and O–H groups in total. The van der Waals surface area contributed by atoms with Crippen molar-refractivity contribution in [1.82, 2.24) is 9.55 Å². The second kappa shape index (κ2) is 36.6. The van der Waals surface area contributed by atoms with Gasteiger partial charge >= 0.3 is 33.3 Å². The summed E-state index contributed by atoms with van der Waals surface area (Å²) >= 11 is 0. The van der Waals surface area contributed by atoms with Crippen LogP contribution in [0.15, 0.2) is 114 Å². The number of anilines is 1. The third kappa shape index (κ3) is 28.8. The molecule has 3 heterocycles. The van der Waals surface area contributed by atoms with Gasteiger partial charge in [-0.1, -0.05) is 124 Å². The molecule has 0 radical (unpaired) electrons. The van der Waals surface area contributed by atoms with Crippen molar-refractivity contribution in [2.24, 2.45) is 0 Å². The molecule has 0 aliphatic carbocycles. The Labute approximate surface area is 430 Å². The number of phosphoric acid groups is 2. The van der Waals surface area contributed by atoms with Crippen LogP contribution in [0.5, 0.6) is 0 Å². The van der Waals surface area contributed by atoms with Gasteiger partial charge in [0.25, 0.3) is 0 Å². The van der Waals surface area contributed by atoms with Crippen LogP contribution in [0.2, 0.25) is 0 Å². The third-order valence-corrected chi connectivity index (χ3v) is 13.7. The Morgan fingerprint density at radius 2 is 1.23 bits per heavy atom. The van der Waals surface area contributed by atoms with Crippen LogP contribution < -0.4 is 11.4 Å². The van der Waals surface area contributed by atoms with Gasteiger partial charge in [0.05, 0.1) is 25.4 Å². The van der Waals surface area contributed by atoms with Crippen molar-refractivity contribution in [3.8, 4) is 0 Å². The Balaban J connectivity index is 1.43. The summed E-state index contributed by atoms with van der Waals surface area (Å²) in [6.45, 7) is 1.88. The molecule has 2 fully saturated rings. The van der Waals surface area contributed by atoms with E-state index in [1.165, 1.54) is 25.3 Å². The number of epoxide rings is 1. The fourth-order valence-electron chi connectivity index (χ4n) is 7.03. The maximum Gasteiger partial charge on any atom is 0.481 e. The van der Waals surface area contributed by atoms with Crippen molar-refractivity contribution in [3.63, 3.8) is 0 Å². The molecule has 1 aromatic rings. The van der Waals surface area contributed by atoms with Gasteiger partial charge < -0.3 is 44.7 Å². The summed E-state index contributed by atoms with van der Waals surface area (Å²) in [7, 11) is -10.9. The molecule has 0 aromatic carbocycles. The first-order valence-corrected chi connectivity index (χ1v) is 28.4. The van der Waals surface area contributed by atoms with Gasteiger partial charge in [0.1, 0.15) is 30.7 Å². The predicted octanol–water partition coefficient (Wildman–Crippen LogP) is 9.43. The number of aliphatic hydroxyl groups excluding tert-OH is 2. The van der Waals surface area contributed by atoms with Gasteiger partial charge in [-0.3, -0.25) is 23.2 Å². The summed E-state index contributed by atoms with van der Waals surface area (Å²) < 4.78 is 62.3. The van der Waals surface area contributed by atoms with Gasteiger partial charge in [0, 0.05) is 19.0 Å². The first-order chi connectivity index (χ1) is 35.1. The zero-order valence-corrected chi connectivity index (χ0v) is 44.1. The van der Waals surface area contributed by atoms with E-state index in [9.17, 15) is 43.5 Å². The van der Waals surface area contributed by atoms with Crippen LogP contribution in [0.4, 0.5) is 5.82 Å². The van der Waals surface area contributed by atoms with Gasteiger partial charge in [0.2, 0.25) is 0 Å². The first-order valence-electron chi connectivity index (χ1n) is 25.4. The quantitative estimate of drug-likeness (QED) is 0.0135. The topological polar surface area (TPSA) is 278 Å². The average Bonchev–Trinajstić information content (AvgIpc) is 4.04. The second-order valence-electron chi connectivity index (χ2n) is 17.3. The highest BCUT2D eigenvalue weighted by atomic mass is 31.3. The van der Waals surface area contributed by atoms with Crippen LogP contribution in [-0.4, -0.2) is 97.9 Å². The minimum absolute atomic E-state index is 0.0155. The summed E-state index contributed by atoms with van der Waals surface area (Å²) in [5, 5.41) is 20.9. The number of nitrogen functional groups attached to an aromatic ring is 1. The van der Waals surface area contributed by atoms with Crippen molar-refractivity contribution in [2.45, 2.75) is 172 Å². The molecule has 0 bridgehead atoms. The summed E-state index contributed by atoms with van der Waals surface area (Å²) in [4.78, 5) is 61.9. The lowest BCUT2D eigenvalue weighted by atomic mass is 10.1. The molecule has 21 heteroatoms. The summed E-state index contributed by atoms with van der Waals surface area (Å²) in [5.41, 5.74) is 4.58. The van der Waals surface area contributed by atoms with Crippen molar-refractivity contribution in [3.05, 3.63) is 120 Å². The molecule has 1 aromatic heterocycles. The number of unbranched alkanes of at least 4 members (excludes halogenated alkanes) is 5. The molecular weight excluding hydrogens is 985 g/mol. The zero-order chi connectivity index (χ0) is 53.2. The first kappa shape index (κ1) is 62.9. The van der Waals surface area contributed by atoms with E-state index >= 15 is 0 Å². The molecule has 408 valence electrons. The van der Waals surface area contributed by atoms with Crippen LogP contribution in [0.1, 0.15) is 136 Å². The largest absolute Gasteiger partial charge is 0.481 e. The Morgan fingerprint density at radius 1 is 0.685 bits per heavy atom. The van der Waals surface area contributed by atoms with Gasteiger partial charge in [-0.25, -0.2) is 13.9 Å². The van der Waals surface area contributed by atoms with Crippen LogP contribution in [0, 0.1) is 0 Å². The average molecular weight is 1060 g/mol. The van der Waals surface area contributed by atoms with Gasteiger partial charge in [-0.2, -0.15) is 9.29 Å². The molecule has 19 nitrogen and oxygen atoms in total. The summed E-state index contributed by atoms with van der Waals surface area (Å²) in [6.07, 6.45) is 41.2. The molecule has 2 aliphatic rings. The third-order valence-electron chi connectivity index (χ3n) is 11.1. The van der Waals surface area contributed by atoms with Crippen LogP contribution >= 0.6 is 15.6 Å². The number of hydrogen-bond donors (Lipinski definition) is 5. The van der Waals surface area contributed by atoms with E-state index in [-0.39, 0.29) is 18.7 Å². The number of phosphoric ester groups is 2. The number of esters is 2. The fourth-order valence-corrected chi connectivity index (χ4v) is 9.14.